The zero-order valence-corrected chi connectivity index (χ0v) is 18.3. The summed E-state index contributed by atoms with van der Waals surface area (Å²) in [6.07, 6.45) is -8.64. The Morgan fingerprint density at radius 2 is 1.40 bits per heavy atom. The van der Waals surface area contributed by atoms with E-state index >= 15 is 0 Å². The van der Waals surface area contributed by atoms with Gasteiger partial charge in [-0.15, -0.1) is 0 Å². The number of hydrogen-bond donors (Lipinski definition) is 5. The van der Waals surface area contributed by atoms with Gasteiger partial charge in [0, 0.05) is 7.05 Å². The van der Waals surface area contributed by atoms with Gasteiger partial charge in [-0.3, -0.25) is 4.79 Å². The largest absolute Gasteiger partial charge is 0.490 e. The standard InChI is InChI=1S/C15H23N3O3.2C2HF3O2/c1-17-14(19)13(9-5-6-10-16)18-15(20)21-11-12-7-3-2-4-8-12;2*3-2(4,5)1(6)7/h2-4,7-8,13H,5-6,9-11,16H2,1H3,(H,17,19)(H,18,20);2*(H,6,7)/t13-;;/m0../s1. The first-order chi connectivity index (χ1) is 16.1. The smallest absolute Gasteiger partial charge is 0.475 e. The number of ether oxygens (including phenoxy) is 1. The Balaban J connectivity index is 0. The van der Waals surface area contributed by atoms with E-state index in [1.54, 1.807) is 0 Å². The van der Waals surface area contributed by atoms with E-state index < -0.39 is 36.4 Å². The molecule has 1 aromatic carbocycles. The van der Waals surface area contributed by atoms with Gasteiger partial charge in [0.25, 0.3) is 0 Å². The number of likely N-dealkylation sites (N-methyl/N-ethyl adjacent to an activating group) is 1. The third-order valence-corrected chi connectivity index (χ3v) is 3.50. The van der Waals surface area contributed by atoms with Crippen LogP contribution in [0.5, 0.6) is 0 Å². The van der Waals surface area contributed by atoms with Crippen LogP contribution in [0.15, 0.2) is 30.3 Å². The molecular formula is C19H25F6N3O7. The molecule has 6 N–H and O–H groups in total. The summed E-state index contributed by atoms with van der Waals surface area (Å²) in [7, 11) is 1.54. The van der Waals surface area contributed by atoms with E-state index in [9.17, 15) is 35.9 Å². The van der Waals surface area contributed by atoms with Gasteiger partial charge < -0.3 is 31.3 Å². The third kappa shape index (κ3) is 18.5. The minimum absolute atomic E-state index is 0.177. The van der Waals surface area contributed by atoms with Gasteiger partial charge in [0.1, 0.15) is 12.6 Å². The van der Waals surface area contributed by atoms with E-state index in [2.05, 4.69) is 10.6 Å². The summed E-state index contributed by atoms with van der Waals surface area (Å²) in [4.78, 5) is 41.2. The predicted molar refractivity (Wildman–Crippen MR) is 108 cm³/mol. The summed E-state index contributed by atoms with van der Waals surface area (Å²) in [5.74, 6) is -5.75. The maximum Gasteiger partial charge on any atom is 0.490 e. The molecule has 0 aliphatic heterocycles. The molecule has 200 valence electrons. The number of amides is 2. The molecule has 0 heterocycles. The maximum atomic E-state index is 11.7. The van der Waals surface area contributed by atoms with Crippen LogP contribution in [0.4, 0.5) is 31.1 Å². The molecule has 0 aliphatic carbocycles. The highest BCUT2D eigenvalue weighted by atomic mass is 19.4. The van der Waals surface area contributed by atoms with Gasteiger partial charge in [0.05, 0.1) is 0 Å². The van der Waals surface area contributed by atoms with Crippen LogP contribution in [0.25, 0.3) is 0 Å². The van der Waals surface area contributed by atoms with Crippen LogP contribution in [0.2, 0.25) is 0 Å². The highest BCUT2D eigenvalue weighted by Crippen LogP contribution is 2.13. The van der Waals surface area contributed by atoms with Crippen LogP contribution in [0, 0.1) is 0 Å². The number of halogens is 6. The van der Waals surface area contributed by atoms with Crippen molar-refractivity contribution in [1.82, 2.24) is 10.6 Å². The Morgan fingerprint density at radius 3 is 1.77 bits per heavy atom. The number of rotatable bonds is 8. The molecule has 16 heteroatoms. The molecule has 35 heavy (non-hydrogen) atoms. The molecule has 0 fully saturated rings. The summed E-state index contributed by atoms with van der Waals surface area (Å²) in [5.41, 5.74) is 6.32. The Kier molecular flexibility index (Phi) is 16.3. The fourth-order valence-corrected chi connectivity index (χ4v) is 1.84. The maximum absolute atomic E-state index is 11.7. The molecule has 1 atom stereocenters. The van der Waals surface area contributed by atoms with Gasteiger partial charge in [-0.2, -0.15) is 26.3 Å². The fourth-order valence-electron chi connectivity index (χ4n) is 1.84. The molecule has 0 spiro atoms. The number of carboxylic acids is 2. The number of benzene rings is 1. The third-order valence-electron chi connectivity index (χ3n) is 3.50. The number of nitrogens with one attached hydrogen (secondary N) is 2. The molecule has 0 unspecified atom stereocenters. The lowest BCUT2D eigenvalue weighted by atomic mass is 10.1. The van der Waals surface area contributed by atoms with Gasteiger partial charge in [0.2, 0.25) is 5.91 Å². The topological polar surface area (TPSA) is 168 Å². The Morgan fingerprint density at radius 1 is 0.943 bits per heavy atom. The van der Waals surface area contributed by atoms with Crippen molar-refractivity contribution in [2.45, 2.75) is 44.3 Å². The van der Waals surface area contributed by atoms with Crippen molar-refractivity contribution in [2.75, 3.05) is 13.6 Å². The number of unbranched alkanes of at least 4 members (excludes halogenated alkanes) is 1. The van der Waals surface area contributed by atoms with Crippen LogP contribution in [0.1, 0.15) is 24.8 Å². The minimum Gasteiger partial charge on any atom is -0.475 e. The van der Waals surface area contributed by atoms with Crippen LogP contribution in [0.3, 0.4) is 0 Å². The van der Waals surface area contributed by atoms with Crippen molar-refractivity contribution in [1.29, 1.82) is 0 Å². The zero-order valence-electron chi connectivity index (χ0n) is 18.3. The van der Waals surface area contributed by atoms with E-state index in [0.717, 1.165) is 18.4 Å². The van der Waals surface area contributed by atoms with Crippen molar-refractivity contribution >= 4 is 23.9 Å². The highest BCUT2D eigenvalue weighted by Gasteiger charge is 2.38. The highest BCUT2D eigenvalue weighted by molar-refractivity contribution is 5.85. The second-order valence-electron chi connectivity index (χ2n) is 6.26. The molecular weight excluding hydrogens is 496 g/mol. The molecule has 10 nitrogen and oxygen atoms in total. The molecule has 2 amide bonds. The number of carboxylic acid groups (broad SMARTS) is 2. The average molecular weight is 521 g/mol. The Hall–Kier alpha value is -3.56. The second-order valence-corrected chi connectivity index (χ2v) is 6.26. The van der Waals surface area contributed by atoms with Crippen molar-refractivity contribution in [3.05, 3.63) is 35.9 Å². The van der Waals surface area contributed by atoms with Gasteiger partial charge in [0.15, 0.2) is 0 Å². The first-order valence-electron chi connectivity index (χ1n) is 9.55. The number of carbonyl (C=O) groups excluding carboxylic acids is 2. The number of carbonyl (C=O) groups is 4. The lowest BCUT2D eigenvalue weighted by Gasteiger charge is -2.17. The number of alkyl halides is 6. The summed E-state index contributed by atoms with van der Waals surface area (Å²) in [5, 5.41) is 19.4. The van der Waals surface area contributed by atoms with E-state index in [-0.39, 0.29) is 12.5 Å². The average Bonchev–Trinajstić information content (AvgIpc) is 2.77. The molecule has 1 aromatic rings. The molecule has 0 radical (unpaired) electrons. The van der Waals surface area contributed by atoms with Gasteiger partial charge >= 0.3 is 30.4 Å². The van der Waals surface area contributed by atoms with Crippen molar-refractivity contribution in [3.8, 4) is 0 Å². The van der Waals surface area contributed by atoms with Crippen molar-refractivity contribution < 1.29 is 60.5 Å². The zero-order chi connectivity index (χ0) is 27.7. The van der Waals surface area contributed by atoms with Crippen molar-refractivity contribution in [3.63, 3.8) is 0 Å². The van der Waals surface area contributed by atoms with E-state index in [1.807, 2.05) is 30.3 Å². The van der Waals surface area contributed by atoms with E-state index in [0.29, 0.717) is 13.0 Å². The van der Waals surface area contributed by atoms with E-state index in [4.69, 9.17) is 30.3 Å². The first-order valence-corrected chi connectivity index (χ1v) is 9.55. The number of hydrogen-bond acceptors (Lipinski definition) is 6. The summed E-state index contributed by atoms with van der Waals surface area (Å²) in [6.45, 7) is 0.745. The number of nitrogens with two attached hydrogens (primary N) is 1. The van der Waals surface area contributed by atoms with Gasteiger partial charge in [-0.1, -0.05) is 30.3 Å². The quantitative estimate of drug-likeness (QED) is 0.257. The number of alkyl carbamates (subject to hydrolysis) is 1. The summed E-state index contributed by atoms with van der Waals surface area (Å²) >= 11 is 0. The molecule has 0 saturated heterocycles. The van der Waals surface area contributed by atoms with Gasteiger partial charge in [-0.25, -0.2) is 14.4 Å². The number of aliphatic carboxylic acids is 2. The fraction of sp³-hybridized carbons (Fsp3) is 0.474. The molecule has 1 rings (SSSR count). The molecule has 0 saturated carbocycles. The van der Waals surface area contributed by atoms with Gasteiger partial charge in [-0.05, 0) is 31.4 Å². The first kappa shape index (κ1) is 33.6. The summed E-state index contributed by atoms with van der Waals surface area (Å²) < 4.78 is 68.6. The minimum atomic E-state index is -5.08. The normalized spacial score (nSPS) is 11.4. The monoisotopic (exact) mass is 521 g/mol. The van der Waals surface area contributed by atoms with Crippen LogP contribution >= 0.6 is 0 Å². The van der Waals surface area contributed by atoms with Crippen LogP contribution in [-0.4, -0.2) is 66.1 Å². The van der Waals surface area contributed by atoms with Crippen LogP contribution < -0.4 is 16.4 Å². The molecule has 0 aliphatic rings. The second kappa shape index (κ2) is 17.0. The van der Waals surface area contributed by atoms with E-state index in [1.165, 1.54) is 7.05 Å². The summed E-state index contributed by atoms with van der Waals surface area (Å²) in [6, 6.07) is 8.77. The van der Waals surface area contributed by atoms with Crippen molar-refractivity contribution in [2.24, 2.45) is 5.73 Å². The Bertz CT molecular complexity index is 765. The lowest BCUT2D eigenvalue weighted by molar-refractivity contribution is -0.193. The molecule has 0 bridgehead atoms. The molecule has 0 aromatic heterocycles. The predicted octanol–water partition coefficient (Wildman–Crippen LogP) is 2.42. The Labute approximate surface area is 195 Å². The van der Waals surface area contributed by atoms with Crippen LogP contribution in [-0.2, 0) is 25.7 Å². The SMILES string of the molecule is CNC(=O)[C@H](CCCCN)NC(=O)OCc1ccccc1.O=C(O)C(F)(F)F.O=C(O)C(F)(F)F. The lowest BCUT2D eigenvalue weighted by Crippen LogP contribution is -2.45.